The normalized spacial score (nSPS) is 21.9. The molecule has 3 aliphatic heterocycles. The third-order valence-corrected chi connectivity index (χ3v) is 5.55. The van der Waals surface area contributed by atoms with Gasteiger partial charge in [-0.15, -0.1) is 0 Å². The summed E-state index contributed by atoms with van der Waals surface area (Å²) in [4.78, 5) is 26.0. The fourth-order valence-electron chi connectivity index (χ4n) is 3.93. The maximum Gasteiger partial charge on any atom is 0.227 e. The molecule has 0 radical (unpaired) electrons. The van der Waals surface area contributed by atoms with Crippen molar-refractivity contribution in [2.24, 2.45) is 0 Å². The molecule has 0 N–H and O–H groups in total. The Morgan fingerprint density at radius 1 is 1.16 bits per heavy atom. The third-order valence-electron chi connectivity index (χ3n) is 5.03. The Bertz CT molecular complexity index is 775. The molecule has 6 heteroatoms. The quantitative estimate of drug-likeness (QED) is 0.794. The summed E-state index contributed by atoms with van der Waals surface area (Å²) in [5.74, 6) is 2.02. The Kier molecular flexibility index (Phi) is 4.23. The molecule has 2 atom stereocenters. The average molecular weight is 401 g/mol. The number of rotatable bonds is 3. The van der Waals surface area contributed by atoms with Crippen LogP contribution < -0.4 is 4.90 Å². The van der Waals surface area contributed by atoms with E-state index in [4.69, 9.17) is 0 Å². The van der Waals surface area contributed by atoms with Gasteiger partial charge in [0.25, 0.3) is 0 Å². The summed E-state index contributed by atoms with van der Waals surface area (Å²) in [7, 11) is 0. The molecule has 130 valence electrons. The van der Waals surface area contributed by atoms with Crippen LogP contribution in [0.15, 0.2) is 34.8 Å². The fraction of sp³-hybridized carbons (Fsp3) is 0.421. The molecule has 3 fully saturated rings. The van der Waals surface area contributed by atoms with E-state index in [1.165, 1.54) is 0 Å². The Morgan fingerprint density at radius 3 is 2.48 bits per heavy atom. The number of anilines is 1. The summed E-state index contributed by atoms with van der Waals surface area (Å²) in [5, 5.41) is 0. The van der Waals surface area contributed by atoms with Gasteiger partial charge < -0.3 is 9.80 Å². The number of piperidine rings is 1. The zero-order chi connectivity index (χ0) is 17.6. The van der Waals surface area contributed by atoms with Crippen molar-refractivity contribution in [1.82, 2.24) is 14.9 Å². The van der Waals surface area contributed by atoms with E-state index in [2.05, 4.69) is 35.7 Å². The van der Waals surface area contributed by atoms with Crippen molar-refractivity contribution in [3.05, 3.63) is 51.9 Å². The minimum atomic E-state index is 0.235. The van der Waals surface area contributed by atoms with Crippen molar-refractivity contribution in [3.63, 3.8) is 0 Å². The van der Waals surface area contributed by atoms with E-state index in [1.54, 1.807) is 0 Å². The molecule has 2 aromatic rings. The molecule has 1 amide bonds. The van der Waals surface area contributed by atoms with Gasteiger partial charge in [-0.05, 0) is 38.0 Å². The molecule has 0 spiro atoms. The van der Waals surface area contributed by atoms with E-state index in [9.17, 15) is 4.79 Å². The van der Waals surface area contributed by atoms with Gasteiger partial charge in [0.2, 0.25) is 5.91 Å². The summed E-state index contributed by atoms with van der Waals surface area (Å²) in [5.41, 5.74) is 2.06. The molecule has 1 aromatic carbocycles. The van der Waals surface area contributed by atoms with Crippen LogP contribution in [0.5, 0.6) is 0 Å². The van der Waals surface area contributed by atoms with Crippen LogP contribution in [-0.2, 0) is 11.2 Å². The minimum Gasteiger partial charge on any atom is -0.352 e. The summed E-state index contributed by atoms with van der Waals surface area (Å²) >= 11 is 3.43. The lowest BCUT2D eigenvalue weighted by atomic mass is 9.86. The SMILES string of the molecule is Cc1cc(N2CC3CC(C2)N3C(=O)Cc2ccc(Br)cc2)nc(C)n1. The van der Waals surface area contributed by atoms with E-state index in [0.29, 0.717) is 18.5 Å². The Balaban J connectivity index is 1.43. The molecule has 2 bridgehead atoms. The first kappa shape index (κ1) is 16.5. The number of hydrogen-bond donors (Lipinski definition) is 0. The van der Waals surface area contributed by atoms with Crippen molar-refractivity contribution in [3.8, 4) is 0 Å². The van der Waals surface area contributed by atoms with Gasteiger partial charge in [-0.3, -0.25) is 4.79 Å². The number of fused-ring (bicyclic) bond motifs is 2. The lowest BCUT2D eigenvalue weighted by molar-refractivity contribution is -0.145. The van der Waals surface area contributed by atoms with Gasteiger partial charge in [-0.25, -0.2) is 9.97 Å². The van der Waals surface area contributed by atoms with Gasteiger partial charge in [-0.1, -0.05) is 28.1 Å². The highest BCUT2D eigenvalue weighted by Gasteiger charge is 2.47. The monoisotopic (exact) mass is 400 g/mol. The zero-order valence-electron chi connectivity index (χ0n) is 14.4. The van der Waals surface area contributed by atoms with Gasteiger partial charge in [0.05, 0.1) is 18.5 Å². The van der Waals surface area contributed by atoms with Crippen molar-refractivity contribution >= 4 is 27.7 Å². The molecule has 4 heterocycles. The number of carbonyl (C=O) groups excluding carboxylic acids is 1. The van der Waals surface area contributed by atoms with Crippen LogP contribution in [0.3, 0.4) is 0 Å². The molecule has 5 rings (SSSR count). The lowest BCUT2D eigenvalue weighted by Crippen LogP contribution is -2.70. The minimum absolute atomic E-state index is 0.235. The number of carbonyl (C=O) groups is 1. The predicted octanol–water partition coefficient (Wildman–Crippen LogP) is 2.89. The van der Waals surface area contributed by atoms with E-state index in [0.717, 1.165) is 46.9 Å². The third kappa shape index (κ3) is 3.27. The topological polar surface area (TPSA) is 49.3 Å². The first-order chi connectivity index (χ1) is 12.0. The van der Waals surface area contributed by atoms with E-state index in [-0.39, 0.29) is 5.91 Å². The Hall–Kier alpha value is -1.95. The maximum absolute atomic E-state index is 12.7. The number of aromatic nitrogens is 2. The Morgan fingerprint density at radius 2 is 1.84 bits per heavy atom. The second-order valence-corrected chi connectivity index (χ2v) is 7.88. The van der Waals surface area contributed by atoms with Crippen molar-refractivity contribution < 1.29 is 4.79 Å². The molecule has 3 aliphatic rings. The number of nitrogens with zero attached hydrogens (tertiary/aromatic N) is 4. The number of halogens is 1. The first-order valence-electron chi connectivity index (χ1n) is 8.62. The summed E-state index contributed by atoms with van der Waals surface area (Å²) in [6.45, 7) is 5.64. The molecule has 0 saturated carbocycles. The summed E-state index contributed by atoms with van der Waals surface area (Å²) < 4.78 is 1.04. The van der Waals surface area contributed by atoms with Crippen molar-refractivity contribution in [2.45, 2.75) is 38.8 Å². The van der Waals surface area contributed by atoms with E-state index >= 15 is 0 Å². The molecule has 25 heavy (non-hydrogen) atoms. The molecular formula is C19H21BrN4O. The molecule has 0 aliphatic carbocycles. The molecule has 5 nitrogen and oxygen atoms in total. The largest absolute Gasteiger partial charge is 0.352 e. The second-order valence-electron chi connectivity index (χ2n) is 6.97. The van der Waals surface area contributed by atoms with Crippen LogP contribution in [0.25, 0.3) is 0 Å². The van der Waals surface area contributed by atoms with Gasteiger partial charge in [0.15, 0.2) is 0 Å². The standard InChI is InChI=1S/C19H21BrN4O/c1-12-7-18(22-13(2)21-12)23-10-16-9-17(11-23)24(16)19(25)8-14-3-5-15(20)6-4-14/h3-7,16-17H,8-11H2,1-2H3. The zero-order valence-corrected chi connectivity index (χ0v) is 16.0. The van der Waals surface area contributed by atoms with Gasteiger partial charge in [-0.2, -0.15) is 0 Å². The van der Waals surface area contributed by atoms with Gasteiger partial charge >= 0.3 is 0 Å². The second kappa shape index (κ2) is 6.41. The number of amides is 1. The van der Waals surface area contributed by atoms with E-state index in [1.807, 2.05) is 44.2 Å². The number of benzene rings is 1. The van der Waals surface area contributed by atoms with Crippen LogP contribution in [0.2, 0.25) is 0 Å². The lowest BCUT2D eigenvalue weighted by Gasteiger charge is -2.56. The van der Waals surface area contributed by atoms with Gasteiger partial charge in [0.1, 0.15) is 11.6 Å². The maximum atomic E-state index is 12.7. The smallest absolute Gasteiger partial charge is 0.227 e. The molecule has 2 unspecified atom stereocenters. The highest BCUT2D eigenvalue weighted by atomic mass is 79.9. The number of hydrogen-bond acceptors (Lipinski definition) is 4. The van der Waals surface area contributed by atoms with Crippen LogP contribution in [0, 0.1) is 13.8 Å². The van der Waals surface area contributed by atoms with E-state index < -0.39 is 0 Å². The van der Waals surface area contributed by atoms with Crippen LogP contribution in [0.4, 0.5) is 5.82 Å². The van der Waals surface area contributed by atoms with Gasteiger partial charge in [0, 0.05) is 29.3 Å². The Labute approximate surface area is 156 Å². The summed E-state index contributed by atoms with van der Waals surface area (Å²) in [6.07, 6.45) is 1.58. The van der Waals surface area contributed by atoms with Crippen LogP contribution >= 0.6 is 15.9 Å². The highest BCUT2D eigenvalue weighted by molar-refractivity contribution is 9.10. The predicted molar refractivity (Wildman–Crippen MR) is 101 cm³/mol. The summed E-state index contributed by atoms with van der Waals surface area (Å²) in [6, 6.07) is 10.6. The average Bonchev–Trinajstić information content (AvgIpc) is 2.56. The number of piperazine rings is 1. The number of aryl methyl sites for hydroxylation is 2. The molecule has 3 saturated heterocycles. The molecule has 1 aromatic heterocycles. The van der Waals surface area contributed by atoms with Crippen LogP contribution in [0.1, 0.15) is 23.5 Å². The van der Waals surface area contributed by atoms with Crippen molar-refractivity contribution in [1.29, 1.82) is 0 Å². The van der Waals surface area contributed by atoms with Crippen molar-refractivity contribution in [2.75, 3.05) is 18.0 Å². The molecular weight excluding hydrogens is 380 g/mol. The van der Waals surface area contributed by atoms with Crippen LogP contribution in [-0.4, -0.2) is 45.9 Å². The first-order valence-corrected chi connectivity index (χ1v) is 9.42. The fourth-order valence-corrected chi connectivity index (χ4v) is 4.20. The highest BCUT2D eigenvalue weighted by Crippen LogP contribution is 2.34.